The molecule has 0 bridgehead atoms. The molecule has 0 radical (unpaired) electrons. The van der Waals surface area contributed by atoms with Crippen molar-refractivity contribution in [2.24, 2.45) is 4.99 Å². The smallest absolute Gasteiger partial charge is 0.256 e. The van der Waals surface area contributed by atoms with E-state index in [-0.39, 0.29) is 11.9 Å². The van der Waals surface area contributed by atoms with Crippen LogP contribution >= 0.6 is 0 Å². The molecule has 0 aromatic heterocycles. The predicted molar refractivity (Wildman–Crippen MR) is 73.7 cm³/mol. The number of benzene rings is 1. The summed E-state index contributed by atoms with van der Waals surface area (Å²) in [6, 6.07) is 7.52. The molecule has 1 heterocycles. The van der Waals surface area contributed by atoms with Crippen molar-refractivity contribution in [1.29, 1.82) is 0 Å². The highest BCUT2D eigenvalue weighted by Gasteiger charge is 2.27. The first-order valence-electron chi connectivity index (χ1n) is 6.33. The van der Waals surface area contributed by atoms with Gasteiger partial charge in [0, 0.05) is 13.2 Å². The molecule has 1 unspecified atom stereocenters. The lowest BCUT2D eigenvalue weighted by Crippen LogP contribution is -2.40. The van der Waals surface area contributed by atoms with Crippen LogP contribution < -0.4 is 10.6 Å². The minimum Gasteiger partial charge on any atom is -0.380 e. The lowest BCUT2D eigenvalue weighted by Gasteiger charge is -2.07. The second-order valence-corrected chi connectivity index (χ2v) is 4.84. The summed E-state index contributed by atoms with van der Waals surface area (Å²) in [5.74, 6) is 0.452. The van der Waals surface area contributed by atoms with Crippen molar-refractivity contribution in [3.05, 3.63) is 35.4 Å². The highest BCUT2D eigenvalue weighted by molar-refractivity contribution is 6.05. The topological polar surface area (TPSA) is 62.7 Å². The van der Waals surface area contributed by atoms with Crippen LogP contribution in [0.3, 0.4) is 0 Å². The van der Waals surface area contributed by atoms with E-state index in [0.717, 1.165) is 11.1 Å². The molecule has 0 saturated carbocycles. The zero-order valence-electron chi connectivity index (χ0n) is 11.4. The zero-order chi connectivity index (χ0) is 13.8. The Hall–Kier alpha value is -1.88. The van der Waals surface area contributed by atoms with Crippen LogP contribution in [0, 0.1) is 0 Å². The van der Waals surface area contributed by atoms with Gasteiger partial charge in [-0.1, -0.05) is 24.3 Å². The Kier molecular flexibility index (Phi) is 4.16. The number of nitrogens with one attached hydrogen (secondary N) is 2. The average molecular weight is 261 g/mol. The molecule has 2 rings (SSSR count). The van der Waals surface area contributed by atoms with Gasteiger partial charge in [-0.25, -0.2) is 4.99 Å². The van der Waals surface area contributed by atoms with E-state index in [1.165, 1.54) is 0 Å². The van der Waals surface area contributed by atoms with Crippen LogP contribution in [-0.2, 0) is 16.1 Å². The van der Waals surface area contributed by atoms with Gasteiger partial charge in [0.05, 0.1) is 6.61 Å². The van der Waals surface area contributed by atoms with Gasteiger partial charge in [-0.15, -0.1) is 0 Å². The molecule has 1 aliphatic rings. The van der Waals surface area contributed by atoms with Gasteiger partial charge in [0.1, 0.15) is 0 Å². The van der Waals surface area contributed by atoms with Crippen molar-refractivity contribution in [1.82, 2.24) is 10.6 Å². The van der Waals surface area contributed by atoms with Crippen LogP contribution in [0.15, 0.2) is 29.3 Å². The summed E-state index contributed by atoms with van der Waals surface area (Å²) < 4.78 is 5.06. The van der Waals surface area contributed by atoms with Crippen LogP contribution in [0.25, 0.3) is 0 Å². The molecule has 1 aromatic carbocycles. The van der Waals surface area contributed by atoms with Gasteiger partial charge in [-0.05, 0) is 25.0 Å². The first kappa shape index (κ1) is 13.5. The Morgan fingerprint density at radius 1 is 1.37 bits per heavy atom. The van der Waals surface area contributed by atoms with Crippen LogP contribution in [0.2, 0.25) is 0 Å². The Labute approximate surface area is 113 Å². The van der Waals surface area contributed by atoms with Gasteiger partial charge in [-0.2, -0.15) is 0 Å². The maximum Gasteiger partial charge on any atom is 0.256 e. The largest absolute Gasteiger partial charge is 0.380 e. The molecule has 0 aliphatic carbocycles. The summed E-state index contributed by atoms with van der Waals surface area (Å²) in [7, 11) is 1.66. The van der Waals surface area contributed by atoms with Crippen molar-refractivity contribution < 1.29 is 9.53 Å². The number of carbonyl (C=O) groups is 1. The normalized spacial score (nSPS) is 18.4. The average Bonchev–Trinajstić information content (AvgIpc) is 2.71. The molecular formula is C14H19N3O2. The maximum absolute atomic E-state index is 11.9. The molecule has 1 aliphatic heterocycles. The van der Waals surface area contributed by atoms with E-state index >= 15 is 0 Å². The number of carbonyl (C=O) groups excluding carboxylic acids is 1. The first-order valence-corrected chi connectivity index (χ1v) is 6.33. The van der Waals surface area contributed by atoms with Gasteiger partial charge < -0.3 is 10.1 Å². The fourth-order valence-electron chi connectivity index (χ4n) is 1.94. The van der Waals surface area contributed by atoms with Gasteiger partial charge >= 0.3 is 0 Å². The van der Waals surface area contributed by atoms with Crippen molar-refractivity contribution in [3.8, 4) is 0 Å². The fourth-order valence-corrected chi connectivity index (χ4v) is 1.94. The third kappa shape index (κ3) is 3.32. The quantitative estimate of drug-likeness (QED) is 0.860. The summed E-state index contributed by atoms with van der Waals surface area (Å²) in [6.45, 7) is 4.57. The molecular weight excluding hydrogens is 242 g/mol. The van der Waals surface area contributed by atoms with Gasteiger partial charge in [0.25, 0.3) is 5.91 Å². The van der Waals surface area contributed by atoms with E-state index in [2.05, 4.69) is 15.6 Å². The number of ether oxygens (including phenoxy) is 1. The summed E-state index contributed by atoms with van der Waals surface area (Å²) in [5.41, 5.74) is 1.96. The van der Waals surface area contributed by atoms with E-state index in [1.807, 2.05) is 38.1 Å². The maximum atomic E-state index is 11.9. The highest BCUT2D eigenvalue weighted by atomic mass is 16.5. The molecule has 0 spiro atoms. The summed E-state index contributed by atoms with van der Waals surface area (Å²) in [6.07, 6.45) is 0. The SMILES string of the molecule is COCc1ccc(C2N=C(NC(C)C)NC2=O)cc1. The van der Waals surface area contributed by atoms with Crippen molar-refractivity contribution in [3.63, 3.8) is 0 Å². The molecule has 1 amide bonds. The fraction of sp³-hybridized carbons (Fsp3) is 0.429. The van der Waals surface area contributed by atoms with Crippen LogP contribution in [0.4, 0.5) is 0 Å². The third-order valence-electron chi connectivity index (χ3n) is 2.78. The van der Waals surface area contributed by atoms with Crippen LogP contribution in [0.5, 0.6) is 0 Å². The molecule has 5 heteroatoms. The number of nitrogens with zero attached hydrogens (tertiary/aromatic N) is 1. The van der Waals surface area contributed by atoms with E-state index < -0.39 is 6.04 Å². The van der Waals surface area contributed by atoms with Crippen molar-refractivity contribution >= 4 is 11.9 Å². The monoisotopic (exact) mass is 261 g/mol. The minimum atomic E-state index is -0.460. The molecule has 2 N–H and O–H groups in total. The number of hydrogen-bond acceptors (Lipinski definition) is 4. The molecule has 0 saturated heterocycles. The Balaban J connectivity index is 2.12. The van der Waals surface area contributed by atoms with Crippen LogP contribution in [-0.4, -0.2) is 25.0 Å². The number of rotatable bonds is 4. The second kappa shape index (κ2) is 5.84. The highest BCUT2D eigenvalue weighted by Crippen LogP contribution is 2.21. The Bertz CT molecular complexity index is 480. The van der Waals surface area contributed by atoms with E-state index in [1.54, 1.807) is 7.11 Å². The molecule has 1 atom stereocenters. The minimum absolute atomic E-state index is 0.0948. The van der Waals surface area contributed by atoms with Crippen LogP contribution in [0.1, 0.15) is 31.0 Å². The van der Waals surface area contributed by atoms with Gasteiger partial charge in [-0.3, -0.25) is 10.1 Å². The standard InChI is InChI=1S/C14H19N3O2/c1-9(2)15-14-16-12(13(18)17-14)11-6-4-10(5-7-11)8-19-3/h4-7,9,12H,8H2,1-3H3,(H2,15,16,17,18). The third-order valence-corrected chi connectivity index (χ3v) is 2.78. The molecule has 5 nitrogen and oxygen atoms in total. The van der Waals surface area contributed by atoms with E-state index in [9.17, 15) is 4.79 Å². The molecule has 102 valence electrons. The number of aliphatic imine (C=N–C) groups is 1. The molecule has 1 aromatic rings. The Morgan fingerprint density at radius 3 is 2.63 bits per heavy atom. The number of methoxy groups -OCH3 is 1. The zero-order valence-corrected chi connectivity index (χ0v) is 11.4. The lowest BCUT2D eigenvalue weighted by molar-refractivity contribution is -0.120. The second-order valence-electron chi connectivity index (χ2n) is 4.84. The lowest BCUT2D eigenvalue weighted by atomic mass is 10.1. The predicted octanol–water partition coefficient (Wildman–Crippen LogP) is 1.36. The first-order chi connectivity index (χ1) is 9.10. The Morgan fingerprint density at radius 2 is 2.05 bits per heavy atom. The number of guanidine groups is 1. The van der Waals surface area contributed by atoms with Gasteiger partial charge in [0.2, 0.25) is 0 Å². The van der Waals surface area contributed by atoms with Crippen molar-refractivity contribution in [2.75, 3.05) is 7.11 Å². The number of amides is 1. The molecule has 19 heavy (non-hydrogen) atoms. The summed E-state index contributed by atoms with van der Waals surface area (Å²) in [4.78, 5) is 16.3. The van der Waals surface area contributed by atoms with E-state index in [4.69, 9.17) is 4.74 Å². The number of hydrogen-bond donors (Lipinski definition) is 2. The molecule has 0 fully saturated rings. The van der Waals surface area contributed by atoms with Gasteiger partial charge in [0.15, 0.2) is 12.0 Å². The summed E-state index contributed by atoms with van der Waals surface area (Å²) >= 11 is 0. The van der Waals surface area contributed by atoms with Crippen molar-refractivity contribution in [2.45, 2.75) is 32.5 Å². The summed E-state index contributed by atoms with van der Waals surface area (Å²) in [5, 5.41) is 5.85. The van der Waals surface area contributed by atoms with E-state index in [0.29, 0.717) is 12.6 Å².